The maximum absolute atomic E-state index is 4.35. The zero-order chi connectivity index (χ0) is 16.5. The van der Waals surface area contributed by atoms with Crippen molar-refractivity contribution >= 4 is 27.2 Å². The van der Waals surface area contributed by atoms with Crippen LogP contribution >= 0.6 is 0 Å². The molecule has 0 fully saturated rings. The fourth-order valence-electron chi connectivity index (χ4n) is 3.44. The highest BCUT2D eigenvalue weighted by molar-refractivity contribution is 6.03. The lowest BCUT2D eigenvalue weighted by atomic mass is 10.0. The number of pyridine rings is 1. The lowest BCUT2D eigenvalue weighted by molar-refractivity contribution is -0.657. The zero-order valence-electron chi connectivity index (χ0n) is 13.9. The number of hydrogen-bond donors (Lipinski definition) is 0. The summed E-state index contributed by atoms with van der Waals surface area (Å²) in [5, 5.41) is 3.81. The summed E-state index contributed by atoms with van der Waals surface area (Å²) in [7, 11) is 0. The van der Waals surface area contributed by atoms with Gasteiger partial charge in [-0.3, -0.25) is 0 Å². The fraction of sp³-hybridized carbons (Fsp3) is 0.0870. The van der Waals surface area contributed by atoms with Crippen molar-refractivity contribution in [3.05, 3.63) is 96.7 Å². The van der Waals surface area contributed by atoms with Gasteiger partial charge in [0.2, 0.25) is 5.52 Å². The molecule has 1 heteroatoms. The zero-order valence-corrected chi connectivity index (χ0v) is 13.9. The molecule has 4 aromatic rings. The Balaban J connectivity index is 1.86. The second-order valence-corrected chi connectivity index (χ2v) is 6.28. The Morgan fingerprint density at radius 3 is 2.42 bits per heavy atom. The first-order valence-corrected chi connectivity index (χ1v) is 8.28. The van der Waals surface area contributed by atoms with Gasteiger partial charge in [-0.25, -0.2) is 0 Å². The van der Waals surface area contributed by atoms with Gasteiger partial charge in [0, 0.05) is 17.0 Å². The van der Waals surface area contributed by atoms with Crippen LogP contribution in [0.2, 0.25) is 0 Å². The van der Waals surface area contributed by atoms with Gasteiger partial charge in [0.15, 0.2) is 12.7 Å². The molecule has 1 aromatic heterocycles. The minimum atomic E-state index is 0.788. The lowest BCUT2D eigenvalue weighted by Crippen LogP contribution is -2.34. The van der Waals surface area contributed by atoms with Gasteiger partial charge in [0.05, 0.1) is 5.39 Å². The van der Waals surface area contributed by atoms with Gasteiger partial charge in [-0.05, 0) is 41.6 Å². The first kappa shape index (κ1) is 14.6. The molecular weight excluding hydrogens is 290 g/mol. The Labute approximate surface area is 142 Å². The van der Waals surface area contributed by atoms with E-state index in [9.17, 15) is 0 Å². The van der Waals surface area contributed by atoms with Gasteiger partial charge < -0.3 is 0 Å². The Morgan fingerprint density at radius 1 is 0.833 bits per heavy atom. The third-order valence-corrected chi connectivity index (χ3v) is 4.65. The average molecular weight is 310 g/mol. The first-order chi connectivity index (χ1) is 11.7. The van der Waals surface area contributed by atoms with E-state index in [0.717, 1.165) is 12.1 Å². The van der Waals surface area contributed by atoms with Crippen LogP contribution in [0.3, 0.4) is 0 Å². The number of hydrogen-bond acceptors (Lipinski definition) is 0. The van der Waals surface area contributed by atoms with Crippen LogP contribution in [0.15, 0.2) is 85.6 Å². The summed E-state index contributed by atoms with van der Waals surface area (Å²) < 4.78 is 2.31. The van der Waals surface area contributed by atoms with Crippen molar-refractivity contribution in [2.24, 2.45) is 0 Å². The highest BCUT2D eigenvalue weighted by Crippen LogP contribution is 2.23. The van der Waals surface area contributed by atoms with E-state index in [1.807, 2.05) is 0 Å². The molecule has 116 valence electrons. The van der Waals surface area contributed by atoms with Crippen molar-refractivity contribution in [2.75, 3.05) is 0 Å². The van der Waals surface area contributed by atoms with Crippen LogP contribution in [0.5, 0.6) is 0 Å². The van der Waals surface area contributed by atoms with Gasteiger partial charge >= 0.3 is 0 Å². The number of benzene rings is 3. The number of aromatic nitrogens is 1. The maximum atomic E-state index is 4.35. The molecule has 0 radical (unpaired) electrons. The van der Waals surface area contributed by atoms with Gasteiger partial charge in [-0.1, -0.05) is 55.1 Å². The van der Waals surface area contributed by atoms with Gasteiger partial charge in [0.1, 0.15) is 0 Å². The topological polar surface area (TPSA) is 3.88 Å². The molecule has 3 aromatic carbocycles. The van der Waals surface area contributed by atoms with Crippen LogP contribution in [0.1, 0.15) is 11.1 Å². The monoisotopic (exact) mass is 310 g/mol. The molecule has 0 saturated heterocycles. The van der Waals surface area contributed by atoms with E-state index < -0.39 is 0 Å². The second-order valence-electron chi connectivity index (χ2n) is 6.28. The SMILES string of the molecule is C=C(C[n+]1cccc2ccc3ccccc3c21)c1ccccc1C. The standard InChI is InChI=1S/C23H20N/c1-17-8-3-5-11-21(17)18(2)16-24-15-7-10-20-14-13-19-9-4-6-12-22(19)23(20)24/h3-15H,2,16H2,1H3/q+1. The summed E-state index contributed by atoms with van der Waals surface area (Å²) in [6.07, 6.45) is 2.15. The van der Waals surface area contributed by atoms with Crippen LogP contribution in [0, 0.1) is 6.92 Å². The average Bonchev–Trinajstić information content (AvgIpc) is 2.62. The summed E-state index contributed by atoms with van der Waals surface area (Å²) in [6, 6.07) is 25.7. The second kappa shape index (κ2) is 5.93. The van der Waals surface area contributed by atoms with Crippen molar-refractivity contribution in [3.63, 3.8) is 0 Å². The normalized spacial score (nSPS) is 11.0. The largest absolute Gasteiger partial charge is 0.220 e. The maximum Gasteiger partial charge on any atom is 0.220 e. The molecule has 0 unspecified atom stereocenters. The van der Waals surface area contributed by atoms with Gasteiger partial charge in [0.25, 0.3) is 0 Å². The minimum Gasteiger partial charge on any atom is -0.193 e. The first-order valence-electron chi connectivity index (χ1n) is 8.28. The number of aryl methyl sites for hydroxylation is 1. The van der Waals surface area contributed by atoms with E-state index in [2.05, 4.69) is 97.1 Å². The quantitative estimate of drug-likeness (QED) is 0.357. The third-order valence-electron chi connectivity index (χ3n) is 4.65. The molecule has 1 nitrogen and oxygen atoms in total. The van der Waals surface area contributed by atoms with E-state index in [4.69, 9.17) is 0 Å². The molecule has 0 saturated carbocycles. The summed E-state index contributed by atoms with van der Waals surface area (Å²) in [5.41, 5.74) is 4.92. The van der Waals surface area contributed by atoms with Gasteiger partial charge in [-0.15, -0.1) is 0 Å². The molecule has 1 heterocycles. The molecule has 0 bridgehead atoms. The number of fused-ring (bicyclic) bond motifs is 3. The fourth-order valence-corrected chi connectivity index (χ4v) is 3.44. The summed E-state index contributed by atoms with van der Waals surface area (Å²) >= 11 is 0. The van der Waals surface area contributed by atoms with Crippen molar-refractivity contribution in [1.82, 2.24) is 0 Å². The van der Waals surface area contributed by atoms with Crippen LogP contribution in [0.4, 0.5) is 0 Å². The van der Waals surface area contributed by atoms with Crippen LogP contribution in [0.25, 0.3) is 27.2 Å². The molecule has 4 rings (SSSR count). The molecule has 0 aliphatic heterocycles. The molecule has 0 atom stereocenters. The molecule has 0 amide bonds. The molecule has 0 aliphatic carbocycles. The number of rotatable bonds is 3. The predicted octanol–water partition coefficient (Wildman–Crippen LogP) is 5.30. The summed E-state index contributed by atoms with van der Waals surface area (Å²) in [4.78, 5) is 0. The minimum absolute atomic E-state index is 0.788. The summed E-state index contributed by atoms with van der Waals surface area (Å²) in [5.74, 6) is 0. The molecule has 0 aliphatic rings. The number of allylic oxidation sites excluding steroid dienone is 1. The molecule has 0 N–H and O–H groups in total. The van der Waals surface area contributed by atoms with Crippen molar-refractivity contribution < 1.29 is 4.57 Å². The Kier molecular flexibility index (Phi) is 3.62. The van der Waals surface area contributed by atoms with E-state index in [-0.39, 0.29) is 0 Å². The Bertz CT molecular complexity index is 1060. The van der Waals surface area contributed by atoms with Crippen LogP contribution in [-0.2, 0) is 6.54 Å². The van der Waals surface area contributed by atoms with E-state index in [1.54, 1.807) is 0 Å². The van der Waals surface area contributed by atoms with Crippen molar-refractivity contribution in [3.8, 4) is 0 Å². The molecular formula is C23H20N+. The molecule has 24 heavy (non-hydrogen) atoms. The predicted molar refractivity (Wildman–Crippen MR) is 102 cm³/mol. The highest BCUT2D eigenvalue weighted by Gasteiger charge is 2.14. The van der Waals surface area contributed by atoms with Crippen molar-refractivity contribution in [1.29, 1.82) is 0 Å². The van der Waals surface area contributed by atoms with E-state index in [0.29, 0.717) is 0 Å². The van der Waals surface area contributed by atoms with Gasteiger partial charge in [-0.2, -0.15) is 4.57 Å². The van der Waals surface area contributed by atoms with E-state index in [1.165, 1.54) is 32.8 Å². The molecule has 0 spiro atoms. The van der Waals surface area contributed by atoms with Crippen LogP contribution < -0.4 is 4.57 Å². The Morgan fingerprint density at radius 2 is 1.54 bits per heavy atom. The summed E-state index contributed by atoms with van der Waals surface area (Å²) in [6.45, 7) is 7.28. The lowest BCUT2D eigenvalue weighted by Gasteiger charge is -2.09. The Hall–Kier alpha value is -2.93. The highest BCUT2D eigenvalue weighted by atomic mass is 14.9. The van der Waals surface area contributed by atoms with Crippen molar-refractivity contribution in [2.45, 2.75) is 13.5 Å². The third kappa shape index (κ3) is 2.48. The number of nitrogens with zero attached hydrogens (tertiary/aromatic N) is 1. The van der Waals surface area contributed by atoms with Crippen LogP contribution in [-0.4, -0.2) is 0 Å². The smallest absolute Gasteiger partial charge is 0.193 e. The van der Waals surface area contributed by atoms with E-state index >= 15 is 0 Å².